The fourth-order valence-corrected chi connectivity index (χ4v) is 3.34. The maximum atomic E-state index is 12.0. The highest BCUT2D eigenvalue weighted by atomic mass is 16.9. The number of aryl methyl sites for hydroxylation is 1. The van der Waals surface area contributed by atoms with E-state index in [9.17, 15) is 20.0 Å². The monoisotopic (exact) mass is 365 g/mol. The highest BCUT2D eigenvalue weighted by Gasteiger charge is 2.25. The maximum absolute atomic E-state index is 12.0. The predicted octanol–water partition coefficient (Wildman–Crippen LogP) is 2.77. The quantitative estimate of drug-likeness (QED) is 0.296. The van der Waals surface area contributed by atoms with Gasteiger partial charge < -0.3 is 14.7 Å². The summed E-state index contributed by atoms with van der Waals surface area (Å²) in [7, 11) is 0. The molecule has 2 rings (SSSR count). The van der Waals surface area contributed by atoms with Crippen molar-refractivity contribution < 1.29 is 24.6 Å². The van der Waals surface area contributed by atoms with Crippen molar-refractivity contribution in [3.8, 4) is 0 Å². The van der Waals surface area contributed by atoms with Crippen LogP contribution in [0.4, 0.5) is 0 Å². The Morgan fingerprint density at radius 3 is 2.77 bits per heavy atom. The first-order valence-corrected chi connectivity index (χ1v) is 9.15. The second-order valence-corrected chi connectivity index (χ2v) is 6.88. The molecule has 0 aromatic heterocycles. The first kappa shape index (κ1) is 20.2. The highest BCUT2D eigenvalue weighted by Crippen LogP contribution is 2.29. The third-order valence-corrected chi connectivity index (χ3v) is 4.86. The smallest absolute Gasteiger partial charge is 0.310 e. The second-order valence-electron chi connectivity index (χ2n) is 6.88. The third kappa shape index (κ3) is 6.63. The van der Waals surface area contributed by atoms with E-state index in [1.54, 1.807) is 0 Å². The molecule has 0 saturated heterocycles. The Morgan fingerprint density at radius 2 is 2.08 bits per heavy atom. The van der Waals surface area contributed by atoms with E-state index < -0.39 is 5.09 Å². The van der Waals surface area contributed by atoms with E-state index in [4.69, 9.17) is 4.74 Å². The molecule has 0 radical (unpaired) electrons. The molecular formula is C19H27NO6. The number of aliphatic hydroxyl groups is 1. The van der Waals surface area contributed by atoms with Gasteiger partial charge in [0.05, 0.1) is 25.7 Å². The zero-order valence-electron chi connectivity index (χ0n) is 15.2. The Hall–Kier alpha value is -2.15. The number of hydrogen-bond donors (Lipinski definition) is 1. The SMILES string of the molecule is Cc1ccc(CC2CCCC2O)cc1CC(=O)OCCCCO[N+](=O)[O-]. The van der Waals surface area contributed by atoms with Crippen molar-refractivity contribution in [1.29, 1.82) is 0 Å². The van der Waals surface area contributed by atoms with E-state index in [1.807, 2.05) is 19.1 Å². The summed E-state index contributed by atoms with van der Waals surface area (Å²) in [5, 5.41) is 19.2. The molecule has 0 aliphatic heterocycles. The number of hydrogen-bond acceptors (Lipinski definition) is 6. The molecule has 7 nitrogen and oxygen atoms in total. The number of carbonyl (C=O) groups excluding carboxylic acids is 1. The minimum absolute atomic E-state index is 0.0126. The van der Waals surface area contributed by atoms with Crippen molar-refractivity contribution in [3.05, 3.63) is 45.0 Å². The predicted molar refractivity (Wildman–Crippen MR) is 95.1 cm³/mol. The molecule has 2 unspecified atom stereocenters. The van der Waals surface area contributed by atoms with Gasteiger partial charge in [0.1, 0.15) is 0 Å². The van der Waals surface area contributed by atoms with Crippen LogP contribution in [0, 0.1) is 23.0 Å². The first-order chi connectivity index (χ1) is 12.5. The molecular weight excluding hydrogens is 338 g/mol. The van der Waals surface area contributed by atoms with Crippen molar-refractivity contribution in [1.82, 2.24) is 0 Å². The molecule has 1 N–H and O–H groups in total. The summed E-state index contributed by atoms with van der Waals surface area (Å²) < 4.78 is 5.19. The van der Waals surface area contributed by atoms with Crippen LogP contribution in [0.5, 0.6) is 0 Å². The Morgan fingerprint density at radius 1 is 1.31 bits per heavy atom. The van der Waals surface area contributed by atoms with Crippen LogP contribution in [0.15, 0.2) is 18.2 Å². The minimum Gasteiger partial charge on any atom is -0.465 e. The fraction of sp³-hybridized carbons (Fsp3) is 0.632. The zero-order chi connectivity index (χ0) is 18.9. The molecule has 1 aromatic rings. The summed E-state index contributed by atoms with van der Waals surface area (Å²) in [5.74, 6) is 0.000220. The van der Waals surface area contributed by atoms with Crippen molar-refractivity contribution in [2.45, 2.75) is 58.0 Å². The van der Waals surface area contributed by atoms with Gasteiger partial charge in [-0.05, 0) is 61.6 Å². The van der Waals surface area contributed by atoms with E-state index >= 15 is 0 Å². The van der Waals surface area contributed by atoms with Crippen LogP contribution in [0.25, 0.3) is 0 Å². The normalized spacial score (nSPS) is 19.3. The molecule has 0 amide bonds. The summed E-state index contributed by atoms with van der Waals surface area (Å²) in [6, 6.07) is 6.10. The Balaban J connectivity index is 1.77. The molecule has 2 atom stereocenters. The van der Waals surface area contributed by atoms with Gasteiger partial charge >= 0.3 is 5.97 Å². The van der Waals surface area contributed by atoms with Gasteiger partial charge in [-0.25, -0.2) is 0 Å². The fourth-order valence-electron chi connectivity index (χ4n) is 3.34. The Labute approximate surface area is 153 Å². The number of benzene rings is 1. The van der Waals surface area contributed by atoms with Crippen molar-refractivity contribution >= 4 is 5.97 Å². The second kappa shape index (κ2) is 10.1. The molecule has 1 fully saturated rings. The van der Waals surface area contributed by atoms with Gasteiger partial charge in [-0.3, -0.25) is 4.79 Å². The van der Waals surface area contributed by atoms with Crippen LogP contribution in [0.3, 0.4) is 0 Å². The summed E-state index contributed by atoms with van der Waals surface area (Å²) in [6.45, 7) is 2.21. The summed E-state index contributed by atoms with van der Waals surface area (Å²) in [5.41, 5.74) is 3.12. The van der Waals surface area contributed by atoms with Gasteiger partial charge in [-0.15, -0.1) is 10.1 Å². The van der Waals surface area contributed by atoms with Crippen LogP contribution >= 0.6 is 0 Å². The average molecular weight is 365 g/mol. The van der Waals surface area contributed by atoms with Gasteiger partial charge in [-0.1, -0.05) is 24.6 Å². The first-order valence-electron chi connectivity index (χ1n) is 9.15. The number of esters is 1. The molecule has 7 heteroatoms. The lowest BCUT2D eigenvalue weighted by Gasteiger charge is -2.15. The number of nitrogens with zero attached hydrogens (tertiary/aromatic N) is 1. The lowest BCUT2D eigenvalue weighted by Crippen LogP contribution is -2.16. The molecule has 0 spiro atoms. The van der Waals surface area contributed by atoms with Gasteiger partial charge in [-0.2, -0.15) is 0 Å². The van der Waals surface area contributed by atoms with E-state index in [-0.39, 0.29) is 31.7 Å². The standard InChI is InChI=1S/C19H27NO6/c1-14-7-8-15(11-16-5-4-6-18(16)21)12-17(14)13-19(22)25-9-2-3-10-26-20(23)24/h7-8,12,16,18,21H,2-6,9-11,13H2,1H3. The van der Waals surface area contributed by atoms with E-state index in [1.165, 1.54) is 0 Å². The maximum Gasteiger partial charge on any atom is 0.310 e. The molecule has 1 aliphatic carbocycles. The lowest BCUT2D eigenvalue weighted by molar-refractivity contribution is -0.757. The van der Waals surface area contributed by atoms with E-state index in [0.717, 1.165) is 42.4 Å². The topological polar surface area (TPSA) is 98.9 Å². The number of rotatable bonds is 10. The molecule has 144 valence electrons. The molecule has 1 aliphatic rings. The highest BCUT2D eigenvalue weighted by molar-refractivity contribution is 5.73. The Kier molecular flexibility index (Phi) is 7.84. The van der Waals surface area contributed by atoms with Crippen molar-refractivity contribution in [3.63, 3.8) is 0 Å². The van der Waals surface area contributed by atoms with E-state index in [0.29, 0.717) is 18.8 Å². The van der Waals surface area contributed by atoms with Gasteiger partial charge in [0, 0.05) is 0 Å². The number of ether oxygens (including phenoxy) is 1. The lowest BCUT2D eigenvalue weighted by atomic mass is 9.93. The van der Waals surface area contributed by atoms with Crippen LogP contribution < -0.4 is 0 Å². The molecule has 26 heavy (non-hydrogen) atoms. The van der Waals surface area contributed by atoms with Gasteiger partial charge in [0.2, 0.25) is 0 Å². The van der Waals surface area contributed by atoms with Crippen molar-refractivity contribution in [2.75, 3.05) is 13.2 Å². The van der Waals surface area contributed by atoms with Gasteiger partial charge in [0.25, 0.3) is 5.09 Å². The average Bonchev–Trinajstić information content (AvgIpc) is 2.98. The van der Waals surface area contributed by atoms with Gasteiger partial charge in [0.15, 0.2) is 0 Å². The number of aliphatic hydroxyl groups excluding tert-OH is 1. The summed E-state index contributed by atoms with van der Waals surface area (Å²) in [4.78, 5) is 26.2. The summed E-state index contributed by atoms with van der Waals surface area (Å²) >= 11 is 0. The molecule has 1 aromatic carbocycles. The molecule has 0 bridgehead atoms. The zero-order valence-corrected chi connectivity index (χ0v) is 15.2. The Bertz CT molecular complexity index is 618. The summed E-state index contributed by atoms with van der Waals surface area (Å²) in [6.07, 6.45) is 4.81. The van der Waals surface area contributed by atoms with Crippen LogP contribution in [0.2, 0.25) is 0 Å². The number of carbonyl (C=O) groups is 1. The van der Waals surface area contributed by atoms with Crippen LogP contribution in [-0.4, -0.2) is 35.5 Å². The minimum atomic E-state index is -0.827. The van der Waals surface area contributed by atoms with Crippen molar-refractivity contribution in [2.24, 2.45) is 5.92 Å². The van der Waals surface area contributed by atoms with Crippen LogP contribution in [-0.2, 0) is 27.2 Å². The van der Waals surface area contributed by atoms with Crippen LogP contribution in [0.1, 0.15) is 48.8 Å². The van der Waals surface area contributed by atoms with E-state index in [2.05, 4.69) is 10.9 Å². The molecule has 0 heterocycles. The molecule has 1 saturated carbocycles. The number of unbranched alkanes of at least 4 members (excludes halogenated alkanes) is 1. The third-order valence-electron chi connectivity index (χ3n) is 4.86. The largest absolute Gasteiger partial charge is 0.465 e.